The Balaban J connectivity index is 2.32. The summed E-state index contributed by atoms with van der Waals surface area (Å²) in [4.78, 5) is 22.7. The Labute approximate surface area is 102 Å². The van der Waals surface area contributed by atoms with Crippen molar-refractivity contribution in [1.82, 2.24) is 0 Å². The predicted molar refractivity (Wildman–Crippen MR) is 63.7 cm³/mol. The van der Waals surface area contributed by atoms with Gasteiger partial charge in [-0.2, -0.15) is 0 Å². The first-order chi connectivity index (χ1) is 8.74. The van der Waals surface area contributed by atoms with Crippen molar-refractivity contribution in [3.8, 4) is 22.6 Å². The third kappa shape index (κ3) is 1.26. The molecular formula is C14H8O4. The van der Waals surface area contributed by atoms with Crippen molar-refractivity contribution in [1.29, 1.82) is 0 Å². The van der Waals surface area contributed by atoms with Crippen LogP contribution in [0.15, 0.2) is 36.4 Å². The molecule has 0 spiro atoms. The zero-order chi connectivity index (χ0) is 12.7. The number of hydrogen-bond acceptors (Lipinski definition) is 4. The van der Waals surface area contributed by atoms with Crippen molar-refractivity contribution in [2.45, 2.75) is 0 Å². The van der Waals surface area contributed by atoms with Gasteiger partial charge in [0.05, 0.1) is 11.1 Å². The molecule has 0 fully saturated rings. The SMILES string of the molecule is O=COc1cccc2c1C(=O)c1c(O)cccc1-2. The Morgan fingerprint density at radius 1 is 1.00 bits per heavy atom. The van der Waals surface area contributed by atoms with Crippen LogP contribution in [0.4, 0.5) is 0 Å². The molecule has 4 nitrogen and oxygen atoms in total. The van der Waals surface area contributed by atoms with Gasteiger partial charge in [-0.3, -0.25) is 9.59 Å². The van der Waals surface area contributed by atoms with Gasteiger partial charge in [-0.15, -0.1) is 0 Å². The monoisotopic (exact) mass is 240 g/mol. The molecule has 1 aliphatic rings. The van der Waals surface area contributed by atoms with Crippen LogP contribution in [0.1, 0.15) is 15.9 Å². The molecule has 0 aliphatic heterocycles. The fraction of sp³-hybridized carbons (Fsp3) is 0. The van der Waals surface area contributed by atoms with Crippen molar-refractivity contribution in [2.75, 3.05) is 0 Å². The number of aromatic hydroxyl groups is 1. The van der Waals surface area contributed by atoms with Gasteiger partial charge in [-0.05, 0) is 23.3 Å². The molecule has 4 heteroatoms. The lowest BCUT2D eigenvalue weighted by Crippen LogP contribution is -2.00. The summed E-state index contributed by atoms with van der Waals surface area (Å²) in [6.45, 7) is 0.283. The number of fused-ring (bicyclic) bond motifs is 3. The molecule has 0 saturated carbocycles. The highest BCUT2D eigenvalue weighted by molar-refractivity contribution is 6.24. The van der Waals surface area contributed by atoms with Crippen LogP contribution in [0.25, 0.3) is 11.1 Å². The largest absolute Gasteiger partial charge is 0.507 e. The van der Waals surface area contributed by atoms with Gasteiger partial charge in [0, 0.05) is 0 Å². The highest BCUT2D eigenvalue weighted by atomic mass is 16.5. The van der Waals surface area contributed by atoms with Crippen molar-refractivity contribution in [3.63, 3.8) is 0 Å². The number of phenolic OH excluding ortho intramolecular Hbond substituents is 1. The fourth-order valence-corrected chi connectivity index (χ4v) is 2.27. The number of carbonyl (C=O) groups is 2. The molecule has 0 aromatic heterocycles. The van der Waals surface area contributed by atoms with E-state index in [1.54, 1.807) is 30.3 Å². The molecule has 0 saturated heterocycles. The smallest absolute Gasteiger partial charge is 0.298 e. The highest BCUT2D eigenvalue weighted by Gasteiger charge is 2.32. The fourth-order valence-electron chi connectivity index (χ4n) is 2.27. The van der Waals surface area contributed by atoms with Crippen LogP contribution in [0, 0.1) is 0 Å². The summed E-state index contributed by atoms with van der Waals surface area (Å²) in [5, 5.41) is 9.76. The van der Waals surface area contributed by atoms with Gasteiger partial charge in [0.15, 0.2) is 0 Å². The molecule has 1 N–H and O–H groups in total. The van der Waals surface area contributed by atoms with Crippen LogP contribution in [0.5, 0.6) is 11.5 Å². The molecular weight excluding hydrogens is 232 g/mol. The third-order valence-corrected chi connectivity index (χ3v) is 2.99. The maximum absolute atomic E-state index is 12.2. The summed E-state index contributed by atoms with van der Waals surface area (Å²) in [6.07, 6.45) is 0. The maximum Gasteiger partial charge on any atom is 0.298 e. The van der Waals surface area contributed by atoms with Gasteiger partial charge in [0.25, 0.3) is 6.47 Å². The average molecular weight is 240 g/mol. The first-order valence-corrected chi connectivity index (χ1v) is 5.34. The standard InChI is InChI=1S/C14H8O4/c15-7-18-11-6-2-4-9-8-3-1-5-10(16)12(8)14(17)13(9)11/h1-7,16H. The normalized spacial score (nSPS) is 11.9. The lowest BCUT2D eigenvalue weighted by molar-refractivity contribution is -0.120. The van der Waals surface area contributed by atoms with Crippen LogP contribution in [-0.4, -0.2) is 17.4 Å². The van der Waals surface area contributed by atoms with Crippen LogP contribution in [0.2, 0.25) is 0 Å². The summed E-state index contributed by atoms with van der Waals surface area (Å²) in [5.41, 5.74) is 1.91. The molecule has 3 rings (SSSR count). The van der Waals surface area contributed by atoms with E-state index in [1.165, 1.54) is 6.07 Å². The second-order valence-electron chi connectivity index (χ2n) is 3.92. The quantitative estimate of drug-likeness (QED) is 0.697. The number of carbonyl (C=O) groups excluding carboxylic acids is 2. The number of benzene rings is 2. The minimum Gasteiger partial charge on any atom is -0.507 e. The summed E-state index contributed by atoms with van der Waals surface area (Å²) in [7, 11) is 0. The van der Waals surface area contributed by atoms with E-state index in [0.717, 1.165) is 0 Å². The summed E-state index contributed by atoms with van der Waals surface area (Å²) < 4.78 is 4.81. The Hall–Kier alpha value is -2.62. The molecule has 0 unspecified atom stereocenters. The number of ether oxygens (including phenoxy) is 1. The van der Waals surface area contributed by atoms with Crippen molar-refractivity contribution >= 4 is 12.3 Å². The van der Waals surface area contributed by atoms with E-state index in [2.05, 4.69) is 0 Å². The van der Waals surface area contributed by atoms with Crippen LogP contribution >= 0.6 is 0 Å². The zero-order valence-electron chi connectivity index (χ0n) is 9.21. The molecule has 88 valence electrons. The molecule has 0 amide bonds. The Bertz CT molecular complexity index is 673. The Kier molecular flexibility index (Phi) is 2.16. The van der Waals surface area contributed by atoms with E-state index in [9.17, 15) is 14.7 Å². The van der Waals surface area contributed by atoms with E-state index >= 15 is 0 Å². The lowest BCUT2D eigenvalue weighted by atomic mass is 10.1. The van der Waals surface area contributed by atoms with E-state index < -0.39 is 0 Å². The predicted octanol–water partition coefficient (Wildman–Crippen LogP) is 2.14. The summed E-state index contributed by atoms with van der Waals surface area (Å²) >= 11 is 0. The molecule has 0 bridgehead atoms. The third-order valence-electron chi connectivity index (χ3n) is 2.99. The first kappa shape index (κ1) is 10.5. The van der Waals surface area contributed by atoms with Gasteiger partial charge in [-0.1, -0.05) is 24.3 Å². The van der Waals surface area contributed by atoms with Crippen LogP contribution < -0.4 is 4.74 Å². The molecule has 0 radical (unpaired) electrons. The van der Waals surface area contributed by atoms with Crippen LogP contribution in [0.3, 0.4) is 0 Å². The second-order valence-corrected chi connectivity index (χ2v) is 3.92. The Morgan fingerprint density at radius 2 is 1.67 bits per heavy atom. The molecule has 2 aromatic carbocycles. The molecule has 2 aromatic rings. The van der Waals surface area contributed by atoms with Gasteiger partial charge in [-0.25, -0.2) is 0 Å². The van der Waals surface area contributed by atoms with Crippen molar-refractivity contribution in [3.05, 3.63) is 47.5 Å². The summed E-state index contributed by atoms with van der Waals surface area (Å²) in [5.74, 6) is -0.176. The molecule has 18 heavy (non-hydrogen) atoms. The average Bonchev–Trinajstić information content (AvgIpc) is 2.66. The first-order valence-electron chi connectivity index (χ1n) is 5.34. The van der Waals surface area contributed by atoms with E-state index in [-0.39, 0.29) is 29.3 Å². The van der Waals surface area contributed by atoms with Crippen LogP contribution in [-0.2, 0) is 4.79 Å². The van der Waals surface area contributed by atoms with Gasteiger partial charge >= 0.3 is 0 Å². The number of phenols is 1. The Morgan fingerprint density at radius 3 is 2.39 bits per heavy atom. The van der Waals surface area contributed by atoms with Gasteiger partial charge in [0.1, 0.15) is 11.5 Å². The number of rotatable bonds is 2. The highest BCUT2D eigenvalue weighted by Crippen LogP contribution is 2.43. The van der Waals surface area contributed by atoms with E-state index in [0.29, 0.717) is 16.7 Å². The second kappa shape index (κ2) is 3.70. The maximum atomic E-state index is 12.2. The van der Waals surface area contributed by atoms with E-state index in [1.807, 2.05) is 0 Å². The molecule has 0 atom stereocenters. The van der Waals surface area contributed by atoms with Crippen molar-refractivity contribution in [2.24, 2.45) is 0 Å². The minimum atomic E-state index is -0.324. The molecule has 0 heterocycles. The van der Waals surface area contributed by atoms with Gasteiger partial charge < -0.3 is 9.84 Å². The number of hydrogen-bond donors (Lipinski definition) is 1. The number of ketones is 1. The van der Waals surface area contributed by atoms with E-state index in [4.69, 9.17) is 4.74 Å². The van der Waals surface area contributed by atoms with Gasteiger partial charge in [0.2, 0.25) is 5.78 Å². The lowest BCUT2D eigenvalue weighted by Gasteiger charge is -2.03. The van der Waals surface area contributed by atoms with Crippen molar-refractivity contribution < 1.29 is 19.4 Å². The topological polar surface area (TPSA) is 63.6 Å². The minimum absolute atomic E-state index is 0.0641. The zero-order valence-corrected chi connectivity index (χ0v) is 9.21. The summed E-state index contributed by atoms with van der Waals surface area (Å²) in [6, 6.07) is 9.89. The molecule has 1 aliphatic carbocycles.